The first-order chi connectivity index (χ1) is 36.4. The minimum absolute atomic E-state index is 0.0505. The summed E-state index contributed by atoms with van der Waals surface area (Å²) in [4.78, 5) is 46.8. The highest BCUT2D eigenvalue weighted by Gasteiger charge is 2.45. The molecular weight excluding hydrogens is 1040 g/mol. The summed E-state index contributed by atoms with van der Waals surface area (Å²) in [7, 11) is -3.98. The van der Waals surface area contributed by atoms with E-state index in [0.717, 1.165) is 41.4 Å². The van der Waals surface area contributed by atoms with Crippen molar-refractivity contribution in [3.8, 4) is 5.75 Å². The number of fused-ring (bicyclic) bond motifs is 3. The Morgan fingerprint density at radius 3 is 1.59 bits per heavy atom. The zero-order chi connectivity index (χ0) is 53.8. The number of esters is 1. The number of thiophene rings is 1. The molecule has 3 N–H and O–H groups in total. The zero-order valence-electron chi connectivity index (χ0n) is 42.1. The van der Waals surface area contributed by atoms with Gasteiger partial charge < -0.3 is 68.1 Å². The number of nitrogens with zero attached hydrogens (tertiary/aromatic N) is 3. The van der Waals surface area contributed by atoms with E-state index in [9.17, 15) is 40.4 Å². The molecule has 2 saturated heterocycles. The molecule has 0 aliphatic carbocycles. The van der Waals surface area contributed by atoms with E-state index >= 15 is 0 Å². The van der Waals surface area contributed by atoms with Gasteiger partial charge in [0.05, 0.1) is 156 Å². The third-order valence-electron chi connectivity index (χ3n) is 11.4. The maximum Gasteiger partial charge on any atom is 0.313 e. The van der Waals surface area contributed by atoms with Crippen LogP contribution < -0.4 is 15.8 Å². The van der Waals surface area contributed by atoms with Gasteiger partial charge in [-0.25, -0.2) is 22.2 Å². The lowest BCUT2D eigenvalue weighted by molar-refractivity contribution is -0.136. The molecule has 3 aliphatic heterocycles. The minimum Gasteiger partial charge on any atom is -0.420 e. The lowest BCUT2D eigenvalue weighted by Gasteiger charge is -2.34. The number of hydrogen-bond donors (Lipinski definition) is 3. The Morgan fingerprint density at radius 2 is 1.15 bits per heavy atom. The van der Waals surface area contributed by atoms with E-state index in [1.807, 2.05) is 17.9 Å². The SMILES string of the molecule is CCCNC(=O)C1=Cc2sc(CN3C[C@H]4C[C@@H]3CN4C(=O)CCOCCOCCOCCOCCOCCOCCOCCOCCOCCOCCC(=O)Oc3c(F)c(F)c([SH](=O)=O)c(F)c3F)cc2N=C(N)C1. The summed E-state index contributed by atoms with van der Waals surface area (Å²) < 4.78 is 136. The highest BCUT2D eigenvalue weighted by Crippen LogP contribution is 2.38. The predicted molar refractivity (Wildman–Crippen MR) is 264 cm³/mol. The summed E-state index contributed by atoms with van der Waals surface area (Å²) in [5, 5.41) is 2.93. The molecule has 5 rings (SSSR count). The molecule has 0 spiro atoms. The fourth-order valence-corrected chi connectivity index (χ4v) is 9.43. The molecule has 27 heteroatoms. The molecule has 21 nitrogen and oxygen atoms in total. The van der Waals surface area contributed by atoms with Crippen molar-refractivity contribution in [3.63, 3.8) is 0 Å². The van der Waals surface area contributed by atoms with Crippen molar-refractivity contribution in [2.75, 3.05) is 152 Å². The molecule has 1 aromatic carbocycles. The fourth-order valence-electron chi connectivity index (χ4n) is 7.82. The van der Waals surface area contributed by atoms with Crippen LogP contribution in [0.3, 0.4) is 0 Å². The summed E-state index contributed by atoms with van der Waals surface area (Å²) in [6.45, 7) is 11.3. The number of amides is 2. The second-order valence-corrected chi connectivity index (χ2v) is 19.1. The van der Waals surface area contributed by atoms with Crippen LogP contribution in [0.2, 0.25) is 0 Å². The number of benzene rings is 1. The van der Waals surface area contributed by atoms with Crippen LogP contribution in [0.4, 0.5) is 23.2 Å². The number of nitrogens with one attached hydrogen (secondary N) is 1. The Kier molecular flexibility index (Phi) is 28.4. The third kappa shape index (κ3) is 21.3. The maximum atomic E-state index is 13.9. The molecule has 2 aromatic rings. The first-order valence-electron chi connectivity index (χ1n) is 24.8. The van der Waals surface area contributed by atoms with Gasteiger partial charge in [-0.1, -0.05) is 6.92 Å². The van der Waals surface area contributed by atoms with Crippen molar-refractivity contribution in [3.05, 3.63) is 44.7 Å². The Morgan fingerprint density at radius 1 is 0.680 bits per heavy atom. The predicted octanol–water partition coefficient (Wildman–Crippen LogP) is 2.91. The molecule has 2 fully saturated rings. The van der Waals surface area contributed by atoms with Crippen molar-refractivity contribution >= 4 is 57.4 Å². The minimum atomic E-state index is -3.98. The van der Waals surface area contributed by atoms with Crippen LogP contribution in [0.25, 0.3) is 6.08 Å². The maximum absolute atomic E-state index is 13.9. The number of carbonyl (C=O) groups is 3. The summed E-state index contributed by atoms with van der Waals surface area (Å²) in [5.41, 5.74) is 7.58. The zero-order valence-corrected chi connectivity index (χ0v) is 43.8. The summed E-state index contributed by atoms with van der Waals surface area (Å²) in [6.07, 6.45) is 3.87. The van der Waals surface area contributed by atoms with Crippen LogP contribution in [0.15, 0.2) is 21.5 Å². The van der Waals surface area contributed by atoms with Gasteiger partial charge in [0.15, 0.2) is 22.3 Å². The molecule has 0 radical (unpaired) electrons. The lowest BCUT2D eigenvalue weighted by Crippen LogP contribution is -2.48. The van der Waals surface area contributed by atoms with Gasteiger partial charge in [-0.3, -0.25) is 19.3 Å². The average Bonchev–Trinajstić information content (AvgIpc) is 4.07. The Bertz CT molecular complexity index is 2220. The largest absolute Gasteiger partial charge is 0.420 e. The van der Waals surface area contributed by atoms with Crippen molar-refractivity contribution in [1.29, 1.82) is 0 Å². The van der Waals surface area contributed by atoms with E-state index in [1.54, 1.807) is 11.3 Å². The summed E-state index contributed by atoms with van der Waals surface area (Å²) in [6, 6.07) is 2.57. The van der Waals surface area contributed by atoms with E-state index < -0.39 is 57.0 Å². The van der Waals surface area contributed by atoms with Gasteiger partial charge in [-0.2, -0.15) is 8.78 Å². The molecule has 0 unspecified atom stereocenters. The number of thiol groups is 1. The molecule has 2 amide bonds. The number of aliphatic imine (C=N–C) groups is 1. The van der Waals surface area contributed by atoms with E-state index in [0.29, 0.717) is 142 Å². The number of piperazine rings is 1. The molecule has 1 aromatic heterocycles. The number of ether oxygens (including phenoxy) is 11. The van der Waals surface area contributed by atoms with E-state index in [-0.39, 0.29) is 50.9 Å². The van der Waals surface area contributed by atoms with Gasteiger partial charge in [0.2, 0.25) is 29.2 Å². The molecule has 75 heavy (non-hydrogen) atoms. The van der Waals surface area contributed by atoms with Gasteiger partial charge in [0, 0.05) is 55.1 Å². The fraction of sp³-hybridized carbons (Fsp3) is 0.667. The highest BCUT2D eigenvalue weighted by atomic mass is 32.2. The molecule has 0 saturated carbocycles. The molecule has 2 bridgehead atoms. The van der Waals surface area contributed by atoms with Crippen LogP contribution in [0.5, 0.6) is 5.75 Å². The van der Waals surface area contributed by atoms with Crippen LogP contribution in [0.1, 0.15) is 48.8 Å². The van der Waals surface area contributed by atoms with E-state index in [4.69, 9.17) is 53.1 Å². The molecule has 422 valence electrons. The molecule has 3 aliphatic rings. The number of hydrogen-bond acceptors (Lipinski definition) is 20. The van der Waals surface area contributed by atoms with Crippen molar-refractivity contribution < 1.29 is 92.5 Å². The Hall–Kier alpha value is -4.23. The molecule has 4 heterocycles. The van der Waals surface area contributed by atoms with Crippen molar-refractivity contribution in [2.45, 2.75) is 62.6 Å². The van der Waals surface area contributed by atoms with Gasteiger partial charge in [-0.05, 0) is 25.0 Å². The number of carbonyl (C=O) groups excluding carboxylic acids is 3. The number of halogens is 4. The molecular formula is C48H69F4N5O16S2. The second-order valence-electron chi connectivity index (χ2n) is 17.0. The van der Waals surface area contributed by atoms with Gasteiger partial charge in [0.25, 0.3) is 0 Å². The first-order valence-corrected chi connectivity index (χ1v) is 26.8. The summed E-state index contributed by atoms with van der Waals surface area (Å²) >= 11 is 1.64. The number of nitrogens with two attached hydrogens (primary N) is 1. The van der Waals surface area contributed by atoms with Crippen molar-refractivity contribution in [1.82, 2.24) is 15.1 Å². The average molecular weight is 1110 g/mol. The van der Waals surface area contributed by atoms with Gasteiger partial charge in [0.1, 0.15) is 10.7 Å². The molecule has 2 atom stereocenters. The van der Waals surface area contributed by atoms with Crippen LogP contribution in [-0.4, -0.2) is 206 Å². The Labute approximate surface area is 439 Å². The van der Waals surface area contributed by atoms with E-state index in [1.165, 1.54) is 0 Å². The topological polar surface area (TPSA) is 244 Å². The standard InChI is InChI=1S/C48H69F4N5O16S2/c1-2-5-54-48(60)33-26-38-37(55-39(53)27-33)29-36(74-38)32-56-30-35-28-34(56)31-57(35)40(58)3-6-63-8-10-65-12-14-67-16-18-69-20-22-71-24-25-72-23-21-70-19-17-68-15-13-66-11-9-64-7-4-41(59)73-46-42(49)44(51)47(75(61)62)45(52)43(46)50/h26,29,34-35,75H,2-25,27-28,30-32H2,1H3,(H2,53,55)(H,54,60)/t34-,35-/m1/s1. The van der Waals surface area contributed by atoms with Crippen LogP contribution in [0, 0.1) is 23.3 Å². The van der Waals surface area contributed by atoms with Crippen LogP contribution in [-0.2, 0) is 79.0 Å². The number of likely N-dealkylation sites (tertiary alicyclic amines) is 2. The first kappa shape index (κ1) is 61.6. The Balaban J connectivity index is 0.716. The van der Waals surface area contributed by atoms with Gasteiger partial charge >= 0.3 is 5.97 Å². The smallest absolute Gasteiger partial charge is 0.313 e. The van der Waals surface area contributed by atoms with Crippen molar-refractivity contribution in [2.24, 2.45) is 10.7 Å². The number of rotatable bonds is 40. The second kappa shape index (κ2) is 34.5. The normalized spacial score (nSPS) is 16.4. The van der Waals surface area contributed by atoms with Gasteiger partial charge in [-0.15, -0.1) is 11.3 Å². The quantitative estimate of drug-likeness (QED) is 0.0217. The summed E-state index contributed by atoms with van der Waals surface area (Å²) in [5.74, 6) is -11.2. The monoisotopic (exact) mass is 1110 g/mol. The number of amidine groups is 1. The van der Waals surface area contributed by atoms with Crippen LogP contribution >= 0.6 is 11.3 Å². The third-order valence-corrected chi connectivity index (χ3v) is 13.3. The highest BCUT2D eigenvalue weighted by molar-refractivity contribution is 7.72. The lowest BCUT2D eigenvalue weighted by atomic mass is 10.1. The van der Waals surface area contributed by atoms with E-state index in [2.05, 4.69) is 26.0 Å².